The second-order valence-corrected chi connectivity index (χ2v) is 8.25. The summed E-state index contributed by atoms with van der Waals surface area (Å²) in [4.78, 5) is 28.2. The molecule has 0 aromatic carbocycles. The number of likely N-dealkylation sites (tertiary alicyclic amines) is 2. The lowest BCUT2D eigenvalue weighted by Gasteiger charge is -2.45. The molecular formula is C18H32N2O3. The molecule has 23 heavy (non-hydrogen) atoms. The molecule has 2 rings (SSSR count). The molecule has 0 aliphatic carbocycles. The van der Waals surface area contributed by atoms with Gasteiger partial charge in [0.15, 0.2) is 0 Å². The van der Waals surface area contributed by atoms with Crippen LogP contribution in [0.3, 0.4) is 0 Å². The fraction of sp³-hybridized carbons (Fsp3) is 0.889. The number of rotatable bonds is 1. The molecule has 0 N–H and O–H groups in total. The Morgan fingerprint density at radius 3 is 2.39 bits per heavy atom. The van der Waals surface area contributed by atoms with Crippen LogP contribution in [0.5, 0.6) is 0 Å². The van der Waals surface area contributed by atoms with Crippen molar-refractivity contribution < 1.29 is 14.3 Å². The van der Waals surface area contributed by atoms with Crippen molar-refractivity contribution in [1.82, 2.24) is 9.80 Å². The van der Waals surface area contributed by atoms with Gasteiger partial charge in [0.25, 0.3) is 0 Å². The predicted octanol–water partition coefficient (Wildman–Crippen LogP) is 3.28. The van der Waals surface area contributed by atoms with Crippen LogP contribution in [0.15, 0.2) is 0 Å². The molecule has 2 amide bonds. The molecule has 1 unspecified atom stereocenters. The van der Waals surface area contributed by atoms with E-state index >= 15 is 0 Å². The number of ether oxygens (including phenoxy) is 1. The lowest BCUT2D eigenvalue weighted by Crippen LogP contribution is -2.54. The van der Waals surface area contributed by atoms with Crippen molar-refractivity contribution >= 4 is 12.0 Å². The molecular weight excluding hydrogens is 292 g/mol. The van der Waals surface area contributed by atoms with Gasteiger partial charge in [0, 0.05) is 32.6 Å². The van der Waals surface area contributed by atoms with E-state index in [1.807, 2.05) is 30.6 Å². The zero-order chi connectivity index (χ0) is 17.2. The molecule has 2 saturated heterocycles. The summed E-state index contributed by atoms with van der Waals surface area (Å²) in [6.07, 6.45) is 4.06. The largest absolute Gasteiger partial charge is 0.444 e. The molecule has 0 bridgehead atoms. The molecule has 0 aromatic heterocycles. The highest BCUT2D eigenvalue weighted by atomic mass is 16.6. The Morgan fingerprint density at radius 2 is 1.78 bits per heavy atom. The van der Waals surface area contributed by atoms with Gasteiger partial charge in [-0.05, 0) is 58.3 Å². The summed E-state index contributed by atoms with van der Waals surface area (Å²) in [5.74, 6) is 1.02. The molecule has 2 fully saturated rings. The van der Waals surface area contributed by atoms with E-state index in [1.54, 1.807) is 6.92 Å². The number of nitrogens with zero attached hydrogens (tertiary/aromatic N) is 2. The van der Waals surface area contributed by atoms with Crippen LogP contribution in [-0.4, -0.2) is 53.1 Å². The van der Waals surface area contributed by atoms with Gasteiger partial charge in [-0.2, -0.15) is 0 Å². The molecule has 2 aliphatic rings. The topological polar surface area (TPSA) is 49.9 Å². The second-order valence-electron chi connectivity index (χ2n) is 8.25. The standard InChI is InChI=1S/C18H32N2O3/c1-13-8-9-16(15-7-6-10-19(12-15)14(2)21)20(11-13)17(22)23-18(3,4)5/h13,15-16H,6-12H2,1-5H3/t13-,15?,16+/m0/s1. The molecule has 0 saturated carbocycles. The van der Waals surface area contributed by atoms with E-state index < -0.39 is 5.60 Å². The summed E-state index contributed by atoms with van der Waals surface area (Å²) < 4.78 is 5.63. The van der Waals surface area contributed by atoms with Crippen LogP contribution in [0.1, 0.15) is 60.3 Å². The van der Waals surface area contributed by atoms with Crippen molar-refractivity contribution in [2.24, 2.45) is 11.8 Å². The van der Waals surface area contributed by atoms with Gasteiger partial charge in [0.05, 0.1) is 0 Å². The molecule has 0 spiro atoms. The number of carbonyl (C=O) groups excluding carboxylic acids is 2. The van der Waals surface area contributed by atoms with Gasteiger partial charge in [0.2, 0.25) is 5.91 Å². The summed E-state index contributed by atoms with van der Waals surface area (Å²) in [6.45, 7) is 11.9. The molecule has 5 heteroatoms. The summed E-state index contributed by atoms with van der Waals surface area (Å²) >= 11 is 0. The third kappa shape index (κ3) is 4.85. The number of carbonyl (C=O) groups is 2. The van der Waals surface area contributed by atoms with E-state index in [9.17, 15) is 9.59 Å². The van der Waals surface area contributed by atoms with Crippen molar-refractivity contribution in [2.45, 2.75) is 71.9 Å². The Labute approximate surface area is 140 Å². The van der Waals surface area contributed by atoms with Crippen LogP contribution in [0.25, 0.3) is 0 Å². The van der Waals surface area contributed by atoms with Crippen LogP contribution < -0.4 is 0 Å². The van der Waals surface area contributed by atoms with Crippen molar-refractivity contribution in [2.75, 3.05) is 19.6 Å². The fourth-order valence-electron chi connectivity index (χ4n) is 3.80. The minimum atomic E-state index is -0.472. The zero-order valence-corrected chi connectivity index (χ0v) is 15.3. The molecule has 132 valence electrons. The SMILES string of the molecule is CC(=O)N1CCCC([C@H]2CC[C@H](C)CN2C(=O)OC(C)(C)C)C1. The maximum atomic E-state index is 12.7. The first-order chi connectivity index (χ1) is 10.7. The number of hydrogen-bond acceptors (Lipinski definition) is 3. The average Bonchev–Trinajstić information content (AvgIpc) is 2.45. The minimum absolute atomic E-state index is 0.141. The van der Waals surface area contributed by atoms with Crippen molar-refractivity contribution in [3.63, 3.8) is 0 Å². The van der Waals surface area contributed by atoms with Gasteiger partial charge < -0.3 is 14.5 Å². The van der Waals surface area contributed by atoms with Crippen LogP contribution in [0.4, 0.5) is 4.79 Å². The monoisotopic (exact) mass is 324 g/mol. The highest BCUT2D eigenvalue weighted by Crippen LogP contribution is 2.32. The highest BCUT2D eigenvalue weighted by Gasteiger charge is 2.39. The Morgan fingerprint density at radius 1 is 1.09 bits per heavy atom. The van der Waals surface area contributed by atoms with Gasteiger partial charge in [-0.15, -0.1) is 0 Å². The molecule has 3 atom stereocenters. The Balaban J connectivity index is 2.10. The van der Waals surface area contributed by atoms with E-state index in [4.69, 9.17) is 4.74 Å². The molecule has 0 aromatic rings. The summed E-state index contributed by atoms with van der Waals surface area (Å²) in [6, 6.07) is 0.197. The molecule has 0 radical (unpaired) electrons. The summed E-state index contributed by atoms with van der Waals surface area (Å²) in [5.41, 5.74) is -0.472. The third-order valence-corrected chi connectivity index (χ3v) is 4.94. The van der Waals surface area contributed by atoms with Crippen molar-refractivity contribution in [3.05, 3.63) is 0 Å². The van der Waals surface area contributed by atoms with E-state index in [2.05, 4.69) is 6.92 Å². The normalized spacial score (nSPS) is 29.3. The van der Waals surface area contributed by atoms with Gasteiger partial charge in [0.1, 0.15) is 5.60 Å². The van der Waals surface area contributed by atoms with Gasteiger partial charge in [-0.1, -0.05) is 6.92 Å². The number of piperidine rings is 2. The van der Waals surface area contributed by atoms with E-state index in [0.29, 0.717) is 11.8 Å². The fourth-order valence-corrected chi connectivity index (χ4v) is 3.80. The zero-order valence-electron chi connectivity index (χ0n) is 15.3. The quantitative estimate of drug-likeness (QED) is 0.744. The summed E-state index contributed by atoms with van der Waals surface area (Å²) in [7, 11) is 0. The van der Waals surface area contributed by atoms with Crippen LogP contribution in [-0.2, 0) is 9.53 Å². The first-order valence-corrected chi connectivity index (χ1v) is 8.92. The first-order valence-electron chi connectivity index (χ1n) is 8.92. The van der Waals surface area contributed by atoms with Crippen LogP contribution in [0.2, 0.25) is 0 Å². The minimum Gasteiger partial charge on any atom is -0.444 e. The maximum absolute atomic E-state index is 12.7. The van der Waals surface area contributed by atoms with Crippen LogP contribution in [0, 0.1) is 11.8 Å². The smallest absolute Gasteiger partial charge is 0.410 e. The third-order valence-electron chi connectivity index (χ3n) is 4.94. The lowest BCUT2D eigenvalue weighted by molar-refractivity contribution is -0.131. The van der Waals surface area contributed by atoms with Crippen LogP contribution >= 0.6 is 0 Å². The van der Waals surface area contributed by atoms with Crippen molar-refractivity contribution in [3.8, 4) is 0 Å². The second kappa shape index (κ2) is 7.10. The van der Waals surface area contributed by atoms with E-state index in [-0.39, 0.29) is 18.0 Å². The lowest BCUT2D eigenvalue weighted by atomic mass is 9.82. The van der Waals surface area contributed by atoms with Gasteiger partial charge in [-0.3, -0.25) is 4.79 Å². The van der Waals surface area contributed by atoms with Crippen molar-refractivity contribution in [1.29, 1.82) is 0 Å². The molecule has 2 heterocycles. The summed E-state index contributed by atoms with van der Waals surface area (Å²) in [5, 5.41) is 0. The van der Waals surface area contributed by atoms with E-state index in [1.165, 1.54) is 0 Å². The molecule has 2 aliphatic heterocycles. The Hall–Kier alpha value is -1.26. The van der Waals surface area contributed by atoms with Gasteiger partial charge >= 0.3 is 6.09 Å². The van der Waals surface area contributed by atoms with Gasteiger partial charge in [-0.25, -0.2) is 4.79 Å². The Bertz CT molecular complexity index is 444. The van der Waals surface area contributed by atoms with E-state index in [0.717, 1.165) is 45.3 Å². The number of hydrogen-bond donors (Lipinski definition) is 0. The predicted molar refractivity (Wildman–Crippen MR) is 90.1 cm³/mol. The average molecular weight is 324 g/mol. The first kappa shape index (κ1) is 18.1. The maximum Gasteiger partial charge on any atom is 0.410 e. The molecule has 5 nitrogen and oxygen atoms in total. The highest BCUT2D eigenvalue weighted by molar-refractivity contribution is 5.73. The number of amides is 2. The Kier molecular flexibility index (Phi) is 5.58.